The first-order valence-corrected chi connectivity index (χ1v) is 30.9. The van der Waals surface area contributed by atoms with Crippen LogP contribution in [0.25, 0.3) is 0 Å². The van der Waals surface area contributed by atoms with Crippen LogP contribution in [0.2, 0.25) is 0 Å². The molecule has 12 heteroatoms. The lowest BCUT2D eigenvalue weighted by atomic mass is 9.98. The normalized spacial score (nSPS) is 18.5. The van der Waals surface area contributed by atoms with Crippen LogP contribution in [0.3, 0.4) is 0 Å². The summed E-state index contributed by atoms with van der Waals surface area (Å²) < 4.78 is 28.5. The second kappa shape index (κ2) is 52.8. The van der Waals surface area contributed by atoms with Gasteiger partial charge in [0, 0.05) is 19.3 Å². The van der Waals surface area contributed by atoms with Gasteiger partial charge in [-0.05, 0) is 109 Å². The van der Waals surface area contributed by atoms with Gasteiger partial charge in [-0.15, -0.1) is 0 Å². The Labute approximate surface area is 468 Å². The van der Waals surface area contributed by atoms with Crippen LogP contribution in [0.1, 0.15) is 265 Å². The Morgan fingerprint density at radius 2 is 0.818 bits per heavy atom. The second-order valence-electron chi connectivity index (χ2n) is 20.9. The molecule has 0 spiro atoms. The van der Waals surface area contributed by atoms with E-state index in [2.05, 4.69) is 93.7 Å². The van der Waals surface area contributed by atoms with Gasteiger partial charge in [-0.1, -0.05) is 209 Å². The van der Waals surface area contributed by atoms with E-state index in [1.807, 2.05) is 0 Å². The number of hydrogen-bond acceptors (Lipinski definition) is 11. The summed E-state index contributed by atoms with van der Waals surface area (Å²) in [4.78, 5) is 51.2. The number of carboxylic acid groups (broad SMARTS) is 1. The van der Waals surface area contributed by atoms with Crippen LogP contribution in [0.5, 0.6) is 0 Å². The first kappa shape index (κ1) is 71.2. The number of carboxylic acids is 1. The van der Waals surface area contributed by atoms with Crippen molar-refractivity contribution in [1.82, 2.24) is 0 Å². The molecule has 6 atom stereocenters. The molecule has 0 amide bonds. The molecule has 1 aliphatic rings. The molecule has 0 aromatic heterocycles. The standard InChI is InChI=1S/C65H110O12/c1-4-7-10-13-16-19-22-25-28-29-32-33-36-39-42-45-48-51-57(66)73-54-56(75-58(67)52-49-46-43-40-37-34-30-26-23-20-17-14-11-8-5-2)55-74-65-63(61(70)60(69)62(77-65)64(71)72)76-59(68)53-50-47-44-41-38-35-31-27-24-21-18-15-12-9-6-3/h8,11,16-17,19-20,25-28,30-31,56,60-63,65,69-70H,4-7,9-10,12-15,18,21-24,29,32-55H2,1-3H3,(H,71,72)/b11-8-,19-16-,20-17-,28-25-,30-26-,31-27-. The topological polar surface area (TPSA) is 175 Å². The third-order valence-electron chi connectivity index (χ3n) is 13.7. The monoisotopic (exact) mass is 1080 g/mol. The van der Waals surface area contributed by atoms with Gasteiger partial charge in [0.2, 0.25) is 0 Å². The van der Waals surface area contributed by atoms with E-state index in [1.54, 1.807) is 0 Å². The van der Waals surface area contributed by atoms with Gasteiger partial charge in [-0.2, -0.15) is 0 Å². The maximum Gasteiger partial charge on any atom is 0.335 e. The van der Waals surface area contributed by atoms with Gasteiger partial charge in [0.15, 0.2) is 24.6 Å². The number of rotatable bonds is 52. The fourth-order valence-electron chi connectivity index (χ4n) is 9.00. The fourth-order valence-corrected chi connectivity index (χ4v) is 9.00. The minimum absolute atomic E-state index is 0.0464. The van der Waals surface area contributed by atoms with Crippen molar-refractivity contribution in [2.24, 2.45) is 0 Å². The first-order valence-electron chi connectivity index (χ1n) is 30.9. The second-order valence-corrected chi connectivity index (χ2v) is 20.9. The molecule has 6 unspecified atom stereocenters. The van der Waals surface area contributed by atoms with Crippen molar-refractivity contribution >= 4 is 23.9 Å². The van der Waals surface area contributed by atoms with E-state index in [0.29, 0.717) is 19.3 Å². The lowest BCUT2D eigenvalue weighted by molar-refractivity contribution is -0.301. The fraction of sp³-hybridized carbons (Fsp3) is 0.754. The van der Waals surface area contributed by atoms with Crippen LogP contribution >= 0.6 is 0 Å². The highest BCUT2D eigenvalue weighted by molar-refractivity contribution is 5.74. The predicted molar refractivity (Wildman–Crippen MR) is 312 cm³/mol. The molecular weight excluding hydrogens is 973 g/mol. The van der Waals surface area contributed by atoms with E-state index >= 15 is 0 Å². The molecular formula is C65H110O12. The molecule has 0 radical (unpaired) electrons. The minimum Gasteiger partial charge on any atom is -0.479 e. The van der Waals surface area contributed by atoms with E-state index in [9.17, 15) is 34.5 Å². The first-order chi connectivity index (χ1) is 37.6. The van der Waals surface area contributed by atoms with E-state index in [1.165, 1.54) is 77.0 Å². The zero-order chi connectivity index (χ0) is 56.1. The van der Waals surface area contributed by atoms with Crippen LogP contribution in [0, 0.1) is 0 Å². The number of esters is 3. The summed E-state index contributed by atoms with van der Waals surface area (Å²) in [6.45, 7) is 5.84. The maximum absolute atomic E-state index is 13.2. The SMILES string of the molecule is CC/C=C\C/C=C\C/C=C\CCCCCCCC(=O)OC(COC(=O)CCCCCCCCC/C=C\C/C=C\CCCCC)COC1OC(C(=O)O)C(O)C(O)C1OC(=O)CCCCCCC/C=C\CCCCCCCC. The molecule has 3 N–H and O–H groups in total. The van der Waals surface area contributed by atoms with Crippen molar-refractivity contribution in [1.29, 1.82) is 0 Å². The molecule has 0 aliphatic carbocycles. The summed E-state index contributed by atoms with van der Waals surface area (Å²) in [5.41, 5.74) is 0. The molecule has 0 bridgehead atoms. The molecule has 0 aromatic rings. The number of aliphatic carboxylic acids is 1. The van der Waals surface area contributed by atoms with Crippen molar-refractivity contribution < 1.29 is 58.2 Å². The van der Waals surface area contributed by atoms with Crippen LogP contribution in [0.15, 0.2) is 72.9 Å². The van der Waals surface area contributed by atoms with Gasteiger partial charge in [-0.25, -0.2) is 4.79 Å². The van der Waals surface area contributed by atoms with Crippen LogP contribution in [-0.4, -0.2) is 89.2 Å². The Balaban J connectivity index is 2.70. The zero-order valence-electron chi connectivity index (χ0n) is 48.7. The molecule has 442 valence electrons. The van der Waals surface area contributed by atoms with Crippen LogP contribution in [0.4, 0.5) is 0 Å². The van der Waals surface area contributed by atoms with Gasteiger partial charge >= 0.3 is 23.9 Å². The molecule has 0 saturated carbocycles. The van der Waals surface area contributed by atoms with Crippen LogP contribution < -0.4 is 0 Å². The molecule has 1 saturated heterocycles. The number of allylic oxidation sites excluding steroid dienone is 12. The van der Waals surface area contributed by atoms with Crippen molar-refractivity contribution in [2.75, 3.05) is 13.2 Å². The Hall–Kier alpha value is -3.84. The highest BCUT2D eigenvalue weighted by atomic mass is 16.7. The summed E-state index contributed by atoms with van der Waals surface area (Å²) in [5.74, 6) is -3.16. The number of aliphatic hydroxyl groups excluding tert-OH is 2. The summed E-state index contributed by atoms with van der Waals surface area (Å²) in [6.07, 6.45) is 54.3. The Kier molecular flexibility index (Phi) is 48.8. The summed E-state index contributed by atoms with van der Waals surface area (Å²) in [5, 5.41) is 31.5. The van der Waals surface area contributed by atoms with Crippen molar-refractivity contribution in [2.45, 2.75) is 302 Å². The highest BCUT2D eigenvalue weighted by Crippen LogP contribution is 2.26. The minimum atomic E-state index is -1.91. The molecule has 1 heterocycles. The van der Waals surface area contributed by atoms with Crippen molar-refractivity contribution in [3.63, 3.8) is 0 Å². The van der Waals surface area contributed by atoms with Crippen molar-refractivity contribution in [3.8, 4) is 0 Å². The van der Waals surface area contributed by atoms with E-state index in [4.69, 9.17) is 23.7 Å². The van der Waals surface area contributed by atoms with E-state index < -0.39 is 67.3 Å². The molecule has 1 aliphatic heterocycles. The van der Waals surface area contributed by atoms with E-state index in [-0.39, 0.29) is 25.9 Å². The highest BCUT2D eigenvalue weighted by Gasteiger charge is 2.50. The third-order valence-corrected chi connectivity index (χ3v) is 13.7. The Morgan fingerprint density at radius 1 is 0.442 bits per heavy atom. The molecule has 1 rings (SSSR count). The van der Waals surface area contributed by atoms with Gasteiger partial charge < -0.3 is 39.0 Å². The molecule has 12 nitrogen and oxygen atoms in total. The summed E-state index contributed by atoms with van der Waals surface area (Å²) in [7, 11) is 0. The predicted octanol–water partition coefficient (Wildman–Crippen LogP) is 16.1. The number of hydrogen-bond donors (Lipinski definition) is 3. The van der Waals surface area contributed by atoms with E-state index in [0.717, 1.165) is 128 Å². The maximum atomic E-state index is 13.2. The number of unbranched alkanes of at least 4 members (excludes halogenated alkanes) is 26. The smallest absolute Gasteiger partial charge is 0.335 e. The Bertz CT molecular complexity index is 1620. The van der Waals surface area contributed by atoms with Crippen LogP contribution in [-0.2, 0) is 42.9 Å². The largest absolute Gasteiger partial charge is 0.479 e. The molecule has 0 aromatic carbocycles. The molecule has 77 heavy (non-hydrogen) atoms. The van der Waals surface area contributed by atoms with Crippen molar-refractivity contribution in [3.05, 3.63) is 72.9 Å². The number of aliphatic hydroxyl groups is 2. The summed E-state index contributed by atoms with van der Waals surface area (Å²) in [6, 6.07) is 0. The lowest BCUT2D eigenvalue weighted by Gasteiger charge is -2.40. The number of carbonyl (C=O) groups is 4. The quantitative estimate of drug-likeness (QED) is 0.0228. The zero-order valence-corrected chi connectivity index (χ0v) is 48.7. The van der Waals surface area contributed by atoms with Gasteiger partial charge in [-0.3, -0.25) is 14.4 Å². The average molecular weight is 1080 g/mol. The summed E-state index contributed by atoms with van der Waals surface area (Å²) >= 11 is 0. The molecule has 1 fully saturated rings. The Morgan fingerprint density at radius 3 is 1.29 bits per heavy atom. The van der Waals surface area contributed by atoms with Gasteiger partial charge in [0.25, 0.3) is 0 Å². The third kappa shape index (κ3) is 42.7. The number of carbonyl (C=O) groups excluding carboxylic acids is 3. The lowest BCUT2D eigenvalue weighted by Crippen LogP contribution is -2.61. The van der Waals surface area contributed by atoms with Gasteiger partial charge in [0.1, 0.15) is 18.8 Å². The van der Waals surface area contributed by atoms with Gasteiger partial charge in [0.05, 0.1) is 6.61 Å². The average Bonchev–Trinajstić information content (AvgIpc) is 3.43. The number of ether oxygens (including phenoxy) is 5.